The van der Waals surface area contributed by atoms with Crippen LogP contribution in [0, 0.1) is 5.82 Å². The van der Waals surface area contributed by atoms with Crippen LogP contribution in [0.1, 0.15) is 24.8 Å². The van der Waals surface area contributed by atoms with E-state index in [1.165, 1.54) is 12.5 Å². The minimum atomic E-state index is -0.273. The molecule has 0 unspecified atom stereocenters. The van der Waals surface area contributed by atoms with Crippen molar-refractivity contribution in [1.82, 2.24) is 15.0 Å². The van der Waals surface area contributed by atoms with Gasteiger partial charge in [-0.05, 0) is 67.8 Å². The van der Waals surface area contributed by atoms with Gasteiger partial charge in [-0.15, -0.1) is 0 Å². The van der Waals surface area contributed by atoms with Crippen molar-refractivity contribution < 1.29 is 4.39 Å². The monoisotopic (exact) mass is 462 g/mol. The van der Waals surface area contributed by atoms with E-state index in [-0.39, 0.29) is 5.82 Å². The molecule has 168 valence electrons. The van der Waals surface area contributed by atoms with Gasteiger partial charge in [-0.3, -0.25) is 4.98 Å². The third-order valence-corrected chi connectivity index (χ3v) is 6.01. The molecular formula is C25H24ClFN6. The number of pyridine rings is 1. The molecule has 8 heteroatoms. The van der Waals surface area contributed by atoms with Gasteiger partial charge in [0, 0.05) is 59.4 Å². The average molecular weight is 463 g/mol. The second kappa shape index (κ2) is 9.58. The second-order valence-electron chi connectivity index (χ2n) is 8.09. The Bertz CT molecular complexity index is 1270. The third-order valence-electron chi connectivity index (χ3n) is 5.77. The number of nitrogens with one attached hydrogen (secondary N) is 2. The molecule has 0 radical (unpaired) electrons. The van der Waals surface area contributed by atoms with Crippen LogP contribution >= 0.6 is 11.6 Å². The van der Waals surface area contributed by atoms with Gasteiger partial charge >= 0.3 is 0 Å². The van der Waals surface area contributed by atoms with E-state index in [1.807, 2.05) is 30.3 Å². The largest absolute Gasteiger partial charge is 0.366 e. The van der Waals surface area contributed by atoms with Crippen LogP contribution in [0.15, 0.2) is 60.9 Å². The van der Waals surface area contributed by atoms with Crippen LogP contribution in [-0.4, -0.2) is 28.0 Å². The summed E-state index contributed by atoms with van der Waals surface area (Å²) < 4.78 is 14.5. The van der Waals surface area contributed by atoms with E-state index in [0.29, 0.717) is 22.9 Å². The van der Waals surface area contributed by atoms with Crippen molar-refractivity contribution in [2.75, 3.05) is 28.6 Å². The van der Waals surface area contributed by atoms with Crippen molar-refractivity contribution in [3.63, 3.8) is 0 Å². The first-order valence-electron chi connectivity index (χ1n) is 11.1. The molecule has 5 rings (SSSR count). The summed E-state index contributed by atoms with van der Waals surface area (Å²) in [4.78, 5) is 15.6. The number of piperidine rings is 1. The number of anilines is 4. The molecule has 0 bridgehead atoms. The highest BCUT2D eigenvalue weighted by Crippen LogP contribution is 2.28. The number of nitrogens with zero attached hydrogens (tertiary/aromatic N) is 4. The van der Waals surface area contributed by atoms with Crippen LogP contribution < -0.4 is 15.5 Å². The Morgan fingerprint density at radius 1 is 0.939 bits per heavy atom. The Labute approximate surface area is 196 Å². The normalized spacial score (nSPS) is 13.8. The summed E-state index contributed by atoms with van der Waals surface area (Å²) in [5.41, 5.74) is 3.00. The number of hydrogen-bond donors (Lipinski definition) is 2. The number of halogens is 2. The summed E-state index contributed by atoms with van der Waals surface area (Å²) in [6, 6.07) is 14.3. The van der Waals surface area contributed by atoms with Gasteiger partial charge in [0.2, 0.25) is 5.95 Å². The number of fused-ring (bicyclic) bond motifs is 1. The van der Waals surface area contributed by atoms with Crippen molar-refractivity contribution >= 4 is 45.6 Å². The lowest BCUT2D eigenvalue weighted by atomic mass is 10.1. The highest BCUT2D eigenvalue weighted by Gasteiger charge is 2.14. The molecule has 0 saturated carbocycles. The van der Waals surface area contributed by atoms with E-state index in [2.05, 4.69) is 30.5 Å². The molecule has 33 heavy (non-hydrogen) atoms. The van der Waals surface area contributed by atoms with Gasteiger partial charge < -0.3 is 15.5 Å². The molecular weight excluding hydrogens is 439 g/mol. The zero-order valence-electron chi connectivity index (χ0n) is 18.1. The van der Waals surface area contributed by atoms with Gasteiger partial charge in [-0.1, -0.05) is 11.6 Å². The minimum absolute atomic E-state index is 0.273. The van der Waals surface area contributed by atoms with Crippen molar-refractivity contribution in [2.24, 2.45) is 0 Å². The lowest BCUT2D eigenvalue weighted by molar-refractivity contribution is 0.568. The Morgan fingerprint density at radius 2 is 1.79 bits per heavy atom. The van der Waals surface area contributed by atoms with E-state index < -0.39 is 0 Å². The lowest BCUT2D eigenvalue weighted by Gasteiger charge is -2.26. The summed E-state index contributed by atoms with van der Waals surface area (Å²) in [6.45, 7) is 2.26. The molecule has 6 nitrogen and oxygen atoms in total. The molecule has 0 atom stereocenters. The van der Waals surface area contributed by atoms with Gasteiger partial charge in [0.25, 0.3) is 0 Å². The zero-order chi connectivity index (χ0) is 22.6. The van der Waals surface area contributed by atoms with E-state index >= 15 is 0 Å². The molecule has 2 aromatic carbocycles. The maximum absolute atomic E-state index is 14.5. The second-order valence-corrected chi connectivity index (χ2v) is 8.53. The van der Waals surface area contributed by atoms with Crippen LogP contribution in [0.2, 0.25) is 5.02 Å². The van der Waals surface area contributed by atoms with Crippen molar-refractivity contribution in [3.05, 3.63) is 77.3 Å². The molecule has 2 aromatic heterocycles. The molecule has 0 amide bonds. The van der Waals surface area contributed by atoms with Crippen molar-refractivity contribution in [2.45, 2.75) is 25.8 Å². The first-order chi connectivity index (χ1) is 16.2. The molecule has 0 aliphatic carbocycles. The van der Waals surface area contributed by atoms with Crippen LogP contribution in [0.3, 0.4) is 0 Å². The molecule has 1 fully saturated rings. The Morgan fingerprint density at radius 3 is 2.67 bits per heavy atom. The van der Waals surface area contributed by atoms with Crippen LogP contribution in [0.5, 0.6) is 0 Å². The summed E-state index contributed by atoms with van der Waals surface area (Å²) in [5, 5.41) is 8.19. The number of rotatable bonds is 6. The molecule has 3 heterocycles. The van der Waals surface area contributed by atoms with Crippen LogP contribution in [0.25, 0.3) is 10.9 Å². The number of benzene rings is 2. The zero-order valence-corrected chi connectivity index (χ0v) is 18.8. The number of aromatic nitrogens is 3. The van der Waals surface area contributed by atoms with Gasteiger partial charge in [-0.2, -0.15) is 4.98 Å². The van der Waals surface area contributed by atoms with Crippen molar-refractivity contribution in [1.29, 1.82) is 0 Å². The standard InChI is InChI=1S/C25H24ClFN6/c26-18-4-6-20-22(8-10-28-23(20)15-18)31-19-5-7-21(27)17(14-19)16-30-24-9-11-29-25(32-24)33-12-2-1-3-13-33/h4-11,14-15H,1-3,12-13,16H2,(H,28,31)(H,29,30,32). The molecule has 2 N–H and O–H groups in total. The molecule has 1 saturated heterocycles. The average Bonchev–Trinajstić information content (AvgIpc) is 2.85. The molecule has 0 spiro atoms. The highest BCUT2D eigenvalue weighted by molar-refractivity contribution is 6.31. The van der Waals surface area contributed by atoms with Gasteiger partial charge in [-0.25, -0.2) is 9.37 Å². The Balaban J connectivity index is 1.32. The lowest BCUT2D eigenvalue weighted by Crippen LogP contribution is -2.31. The van der Waals surface area contributed by atoms with E-state index in [0.717, 1.165) is 54.2 Å². The number of hydrogen-bond acceptors (Lipinski definition) is 6. The summed E-state index contributed by atoms with van der Waals surface area (Å²) in [5.74, 6) is 1.13. The minimum Gasteiger partial charge on any atom is -0.366 e. The molecule has 1 aliphatic rings. The maximum Gasteiger partial charge on any atom is 0.227 e. The van der Waals surface area contributed by atoms with Crippen LogP contribution in [-0.2, 0) is 6.54 Å². The first-order valence-corrected chi connectivity index (χ1v) is 11.5. The quantitative estimate of drug-likeness (QED) is 0.357. The van der Waals surface area contributed by atoms with Gasteiger partial charge in [0.15, 0.2) is 0 Å². The van der Waals surface area contributed by atoms with E-state index in [4.69, 9.17) is 11.6 Å². The van der Waals surface area contributed by atoms with Gasteiger partial charge in [0.05, 0.1) is 5.52 Å². The smallest absolute Gasteiger partial charge is 0.227 e. The molecule has 4 aromatic rings. The third kappa shape index (κ3) is 4.98. The van der Waals surface area contributed by atoms with E-state index in [1.54, 1.807) is 24.5 Å². The fraction of sp³-hybridized carbons (Fsp3) is 0.240. The van der Waals surface area contributed by atoms with E-state index in [9.17, 15) is 4.39 Å². The predicted octanol–water partition coefficient (Wildman–Crippen LogP) is 6.16. The summed E-state index contributed by atoms with van der Waals surface area (Å²) >= 11 is 6.09. The molecule has 1 aliphatic heterocycles. The fourth-order valence-corrected chi connectivity index (χ4v) is 4.22. The van der Waals surface area contributed by atoms with Gasteiger partial charge in [0.1, 0.15) is 11.6 Å². The summed E-state index contributed by atoms with van der Waals surface area (Å²) in [6.07, 6.45) is 7.04. The first kappa shape index (κ1) is 21.4. The SMILES string of the molecule is Fc1ccc(Nc2ccnc3cc(Cl)ccc23)cc1CNc1ccnc(N2CCCCC2)n1. The topological polar surface area (TPSA) is 66.0 Å². The maximum atomic E-state index is 14.5. The fourth-order valence-electron chi connectivity index (χ4n) is 4.05. The van der Waals surface area contributed by atoms with Crippen molar-refractivity contribution in [3.8, 4) is 0 Å². The predicted molar refractivity (Wildman–Crippen MR) is 132 cm³/mol. The highest BCUT2D eigenvalue weighted by atomic mass is 35.5. The Kier molecular flexibility index (Phi) is 6.21. The van der Waals surface area contributed by atoms with Crippen LogP contribution in [0.4, 0.5) is 27.5 Å². The Hall–Kier alpha value is -3.45. The summed E-state index contributed by atoms with van der Waals surface area (Å²) in [7, 11) is 0.